The maximum atomic E-state index is 8.52. The molecule has 0 spiro atoms. The second-order valence-corrected chi connectivity index (χ2v) is 5.05. The molecule has 0 fully saturated rings. The van der Waals surface area contributed by atoms with Gasteiger partial charge in [-0.25, -0.2) is 4.98 Å². The van der Waals surface area contributed by atoms with Gasteiger partial charge in [-0.1, -0.05) is 35.3 Å². The second kappa shape index (κ2) is 7.75. The monoisotopic (exact) mass is 316 g/mol. The number of hydrogen-bond donors (Lipinski definition) is 2. The van der Waals surface area contributed by atoms with Gasteiger partial charge in [-0.2, -0.15) is 0 Å². The quantitative estimate of drug-likeness (QED) is 0.255. The number of nitrogens with one attached hydrogen (secondary N) is 1. The molecule has 0 unspecified atom stereocenters. The Bertz CT molecular complexity index is 920. The normalized spacial score (nSPS) is 10.5. The average Bonchev–Trinajstić information content (AvgIpc) is 2.62. The largest absolute Gasteiger partial charge is 0.411 e. The number of hydrogen-bond acceptors (Lipinski definition) is 5. The molecule has 3 aromatic rings. The lowest BCUT2D eigenvalue weighted by atomic mass is 10.2. The van der Waals surface area contributed by atoms with E-state index < -0.39 is 0 Å². The van der Waals surface area contributed by atoms with E-state index in [2.05, 4.69) is 38.3 Å². The summed E-state index contributed by atoms with van der Waals surface area (Å²) in [4.78, 5) is 8.59. The number of fused-ring (bicyclic) bond motifs is 1. The maximum Gasteiger partial charge on any atom is 0.113 e. The van der Waals surface area contributed by atoms with Crippen molar-refractivity contribution in [3.63, 3.8) is 0 Å². The highest BCUT2D eigenvalue weighted by Crippen LogP contribution is 2.20. The van der Waals surface area contributed by atoms with Gasteiger partial charge in [0.05, 0.1) is 17.4 Å². The molecular weight excluding hydrogens is 300 g/mol. The minimum Gasteiger partial charge on any atom is -0.411 e. The summed E-state index contributed by atoms with van der Waals surface area (Å²) in [5, 5.41) is 16.0. The van der Waals surface area contributed by atoms with Crippen LogP contribution in [-0.2, 0) is 0 Å². The summed E-state index contributed by atoms with van der Waals surface area (Å²) in [6, 6.07) is 15.4. The highest BCUT2D eigenvalue weighted by Gasteiger charge is 1.99. The first-order valence-electron chi connectivity index (χ1n) is 7.58. The van der Waals surface area contributed by atoms with Crippen LogP contribution < -0.4 is 5.32 Å². The molecule has 2 N–H and O–H groups in total. The van der Waals surface area contributed by atoms with E-state index in [-0.39, 0.29) is 0 Å². The Hall–Kier alpha value is -3.39. The number of nitrogens with zero attached hydrogens (tertiary/aromatic N) is 3. The van der Waals surface area contributed by atoms with E-state index in [0.29, 0.717) is 17.8 Å². The number of para-hydroxylation sites is 1. The molecule has 0 saturated heterocycles. The van der Waals surface area contributed by atoms with E-state index in [1.165, 1.54) is 6.21 Å². The number of aromatic nitrogens is 2. The van der Waals surface area contributed by atoms with Crippen LogP contribution in [0.15, 0.2) is 59.9 Å². The van der Waals surface area contributed by atoms with Gasteiger partial charge in [0, 0.05) is 30.2 Å². The van der Waals surface area contributed by atoms with E-state index in [1.807, 2.05) is 36.4 Å². The minimum atomic E-state index is 0.575. The van der Waals surface area contributed by atoms with Crippen molar-refractivity contribution in [1.29, 1.82) is 0 Å². The fourth-order valence-corrected chi connectivity index (χ4v) is 2.31. The van der Waals surface area contributed by atoms with Crippen molar-refractivity contribution in [3.05, 3.63) is 66.1 Å². The lowest BCUT2D eigenvalue weighted by Crippen LogP contribution is -2.01. The van der Waals surface area contributed by atoms with Crippen LogP contribution >= 0.6 is 0 Å². The van der Waals surface area contributed by atoms with Crippen molar-refractivity contribution < 1.29 is 5.21 Å². The summed E-state index contributed by atoms with van der Waals surface area (Å²) in [7, 11) is 0. The molecule has 2 heterocycles. The molecule has 0 radical (unpaired) electrons. The van der Waals surface area contributed by atoms with Crippen LogP contribution in [0.5, 0.6) is 0 Å². The third-order valence-corrected chi connectivity index (χ3v) is 3.39. The summed E-state index contributed by atoms with van der Waals surface area (Å²) >= 11 is 0. The zero-order valence-corrected chi connectivity index (χ0v) is 13.0. The van der Waals surface area contributed by atoms with E-state index in [9.17, 15) is 0 Å². The van der Waals surface area contributed by atoms with Crippen LogP contribution in [0.3, 0.4) is 0 Å². The molecule has 5 nitrogen and oxygen atoms in total. The van der Waals surface area contributed by atoms with Crippen molar-refractivity contribution >= 4 is 22.8 Å². The fourth-order valence-electron chi connectivity index (χ4n) is 2.31. The van der Waals surface area contributed by atoms with Crippen molar-refractivity contribution in [2.24, 2.45) is 5.16 Å². The smallest absolute Gasteiger partial charge is 0.113 e. The van der Waals surface area contributed by atoms with Crippen molar-refractivity contribution in [1.82, 2.24) is 9.97 Å². The number of rotatable bonds is 4. The SMILES string of the molecule is O/N=C/c1cccc(C#CCCNc2ccnc3ccccc23)n1. The molecule has 1 aromatic carbocycles. The third kappa shape index (κ3) is 3.87. The molecule has 0 atom stereocenters. The molecule has 0 saturated carbocycles. The number of pyridine rings is 2. The zero-order valence-electron chi connectivity index (χ0n) is 13.0. The third-order valence-electron chi connectivity index (χ3n) is 3.39. The fraction of sp³-hybridized carbons (Fsp3) is 0.105. The summed E-state index contributed by atoms with van der Waals surface area (Å²) in [5.74, 6) is 6.10. The molecule has 0 bridgehead atoms. The summed E-state index contributed by atoms with van der Waals surface area (Å²) in [6.07, 6.45) is 3.77. The predicted octanol–water partition coefficient (Wildman–Crippen LogP) is 3.29. The lowest BCUT2D eigenvalue weighted by Gasteiger charge is -2.07. The summed E-state index contributed by atoms with van der Waals surface area (Å²) < 4.78 is 0. The molecule has 24 heavy (non-hydrogen) atoms. The van der Waals surface area contributed by atoms with Gasteiger partial charge in [0.1, 0.15) is 5.69 Å². The number of oxime groups is 1. The molecular formula is C19H16N4O. The first kappa shape index (κ1) is 15.5. The van der Waals surface area contributed by atoms with Crippen molar-refractivity contribution in [3.8, 4) is 11.8 Å². The van der Waals surface area contributed by atoms with Crippen LogP contribution in [0.4, 0.5) is 5.69 Å². The standard InChI is InChI=1S/C19H16N4O/c24-22-14-16-8-5-7-15(23-16)6-3-4-12-20-19-11-13-21-18-10-2-1-9-17(18)19/h1-2,5,7-11,13-14,24H,4,12H2,(H,20,21)/b22-14+. The molecule has 0 aliphatic carbocycles. The van der Waals surface area contributed by atoms with Gasteiger partial charge in [-0.05, 0) is 30.2 Å². The first-order valence-corrected chi connectivity index (χ1v) is 7.58. The zero-order chi connectivity index (χ0) is 16.6. The molecule has 0 amide bonds. The van der Waals surface area contributed by atoms with Crippen LogP contribution in [0.2, 0.25) is 0 Å². The van der Waals surface area contributed by atoms with E-state index in [0.717, 1.165) is 23.1 Å². The summed E-state index contributed by atoms with van der Waals surface area (Å²) in [6.45, 7) is 0.735. The Kier molecular flexibility index (Phi) is 5.00. The van der Waals surface area contributed by atoms with Gasteiger partial charge in [-0.3, -0.25) is 4.98 Å². The van der Waals surface area contributed by atoms with Crippen LogP contribution in [0.1, 0.15) is 17.8 Å². The first-order chi connectivity index (χ1) is 11.9. The molecule has 0 aliphatic rings. The van der Waals surface area contributed by atoms with Crippen LogP contribution in [0.25, 0.3) is 10.9 Å². The number of benzene rings is 1. The average molecular weight is 316 g/mol. The van der Waals surface area contributed by atoms with Crippen LogP contribution in [-0.4, -0.2) is 27.9 Å². The minimum absolute atomic E-state index is 0.575. The van der Waals surface area contributed by atoms with Crippen molar-refractivity contribution in [2.45, 2.75) is 6.42 Å². The molecule has 5 heteroatoms. The van der Waals surface area contributed by atoms with Crippen LogP contribution in [0, 0.1) is 11.8 Å². The van der Waals surface area contributed by atoms with Gasteiger partial charge in [0.2, 0.25) is 0 Å². The molecule has 118 valence electrons. The highest BCUT2D eigenvalue weighted by molar-refractivity contribution is 5.90. The predicted molar refractivity (Wildman–Crippen MR) is 95.3 cm³/mol. The van der Waals surface area contributed by atoms with Gasteiger partial charge in [-0.15, -0.1) is 0 Å². The van der Waals surface area contributed by atoms with Gasteiger partial charge in [0.25, 0.3) is 0 Å². The Balaban J connectivity index is 1.60. The number of anilines is 1. The molecule has 0 aliphatic heterocycles. The van der Waals surface area contributed by atoms with E-state index in [1.54, 1.807) is 12.3 Å². The molecule has 3 rings (SSSR count). The second-order valence-electron chi connectivity index (χ2n) is 5.05. The van der Waals surface area contributed by atoms with E-state index >= 15 is 0 Å². The maximum absolute atomic E-state index is 8.52. The van der Waals surface area contributed by atoms with Gasteiger partial charge >= 0.3 is 0 Å². The topological polar surface area (TPSA) is 70.4 Å². The van der Waals surface area contributed by atoms with E-state index in [4.69, 9.17) is 5.21 Å². The van der Waals surface area contributed by atoms with Gasteiger partial charge < -0.3 is 10.5 Å². The van der Waals surface area contributed by atoms with Gasteiger partial charge in [0.15, 0.2) is 0 Å². The Labute approximate surface area is 140 Å². The lowest BCUT2D eigenvalue weighted by molar-refractivity contribution is 0.321. The van der Waals surface area contributed by atoms with Crippen molar-refractivity contribution in [2.75, 3.05) is 11.9 Å². The summed E-state index contributed by atoms with van der Waals surface area (Å²) in [5.41, 5.74) is 3.26. The highest BCUT2D eigenvalue weighted by atomic mass is 16.4. The Morgan fingerprint density at radius 2 is 2.04 bits per heavy atom. The Morgan fingerprint density at radius 1 is 1.12 bits per heavy atom. The Morgan fingerprint density at radius 3 is 2.96 bits per heavy atom. The molecule has 2 aromatic heterocycles.